The summed E-state index contributed by atoms with van der Waals surface area (Å²) in [7, 11) is 1.78. The Balaban J connectivity index is 1.88. The number of anilines is 2. The highest BCUT2D eigenvalue weighted by Crippen LogP contribution is 2.12. The molecule has 0 radical (unpaired) electrons. The number of nitrogens with zero attached hydrogens (tertiary/aromatic N) is 4. The van der Waals surface area contributed by atoms with Crippen LogP contribution >= 0.6 is 11.8 Å². The van der Waals surface area contributed by atoms with Crippen molar-refractivity contribution in [2.75, 3.05) is 55.4 Å². The first-order valence-electron chi connectivity index (χ1n) is 7.32. The lowest BCUT2D eigenvalue weighted by atomic mass is 10.4. The Hall–Kier alpha value is -1.28. The van der Waals surface area contributed by atoms with E-state index < -0.39 is 0 Å². The Morgan fingerprint density at radius 3 is 2.57 bits per heavy atom. The number of hydrogen-bond acceptors (Lipinski definition) is 8. The van der Waals surface area contributed by atoms with Crippen molar-refractivity contribution in [1.82, 2.24) is 19.9 Å². The van der Waals surface area contributed by atoms with Gasteiger partial charge in [-0.2, -0.15) is 26.7 Å². The topological polar surface area (TPSA) is 75.2 Å². The summed E-state index contributed by atoms with van der Waals surface area (Å²) in [6.45, 7) is 8.04. The predicted molar refractivity (Wildman–Crippen MR) is 87.4 cm³/mol. The van der Waals surface area contributed by atoms with Crippen LogP contribution in [0.5, 0.6) is 6.01 Å². The lowest BCUT2D eigenvalue weighted by Gasteiger charge is -2.26. The molecule has 1 aliphatic heterocycles. The standard InChI is InChI=1S/C13H24N6OS/c1-10(2)20-13-17-11(14-3)16-12(18-13)15-4-5-19-6-8-21-9-7-19/h10H,4-9H2,1-3H3,(H2,14,15,16,17,18). The van der Waals surface area contributed by atoms with Crippen LogP contribution in [0.1, 0.15) is 13.8 Å². The molecule has 21 heavy (non-hydrogen) atoms. The molecular weight excluding hydrogens is 288 g/mol. The van der Waals surface area contributed by atoms with Crippen LogP contribution in [-0.2, 0) is 0 Å². The second-order valence-corrected chi connectivity index (χ2v) is 6.29. The fraction of sp³-hybridized carbons (Fsp3) is 0.769. The molecule has 0 unspecified atom stereocenters. The van der Waals surface area contributed by atoms with Gasteiger partial charge in [0.05, 0.1) is 6.10 Å². The Morgan fingerprint density at radius 1 is 1.19 bits per heavy atom. The van der Waals surface area contributed by atoms with Crippen LogP contribution in [0, 0.1) is 0 Å². The van der Waals surface area contributed by atoms with Gasteiger partial charge in [0, 0.05) is 44.7 Å². The minimum Gasteiger partial charge on any atom is -0.461 e. The third kappa shape index (κ3) is 5.55. The molecule has 2 N–H and O–H groups in total. The average Bonchev–Trinajstić information content (AvgIpc) is 2.47. The summed E-state index contributed by atoms with van der Waals surface area (Å²) in [5.74, 6) is 3.51. The van der Waals surface area contributed by atoms with E-state index in [4.69, 9.17) is 4.74 Å². The van der Waals surface area contributed by atoms with E-state index in [0.29, 0.717) is 17.9 Å². The van der Waals surface area contributed by atoms with Crippen molar-refractivity contribution >= 4 is 23.7 Å². The van der Waals surface area contributed by atoms with Crippen molar-refractivity contribution in [3.05, 3.63) is 0 Å². The molecule has 1 fully saturated rings. The number of rotatable bonds is 7. The smallest absolute Gasteiger partial charge is 0.323 e. The molecule has 0 atom stereocenters. The van der Waals surface area contributed by atoms with Gasteiger partial charge in [0.15, 0.2) is 0 Å². The summed E-state index contributed by atoms with van der Waals surface area (Å²) in [4.78, 5) is 15.2. The molecule has 0 aliphatic carbocycles. The summed E-state index contributed by atoms with van der Waals surface area (Å²) in [5, 5.41) is 6.18. The maximum atomic E-state index is 5.54. The molecule has 0 amide bonds. The predicted octanol–water partition coefficient (Wildman–Crippen LogP) is 1.16. The van der Waals surface area contributed by atoms with E-state index in [-0.39, 0.29) is 6.10 Å². The van der Waals surface area contributed by atoms with Crippen LogP contribution in [-0.4, -0.2) is 70.7 Å². The van der Waals surface area contributed by atoms with Gasteiger partial charge in [0.25, 0.3) is 0 Å². The molecule has 8 heteroatoms. The summed E-state index contributed by atoms with van der Waals surface area (Å²) in [6, 6.07) is 0.348. The van der Waals surface area contributed by atoms with Crippen molar-refractivity contribution in [3.8, 4) is 6.01 Å². The number of aromatic nitrogens is 3. The van der Waals surface area contributed by atoms with Gasteiger partial charge in [0.2, 0.25) is 11.9 Å². The monoisotopic (exact) mass is 312 g/mol. The minimum absolute atomic E-state index is 0.0378. The Bertz CT molecular complexity index is 439. The molecule has 1 saturated heterocycles. The van der Waals surface area contributed by atoms with Gasteiger partial charge in [-0.15, -0.1) is 0 Å². The lowest BCUT2D eigenvalue weighted by Crippen LogP contribution is -2.36. The van der Waals surface area contributed by atoms with Crippen LogP contribution < -0.4 is 15.4 Å². The first kappa shape index (κ1) is 16.1. The quantitative estimate of drug-likeness (QED) is 0.777. The van der Waals surface area contributed by atoms with Gasteiger partial charge in [0.1, 0.15) is 0 Å². The molecule has 0 aromatic carbocycles. The molecule has 1 aliphatic rings. The normalized spacial score (nSPS) is 16.0. The SMILES string of the molecule is CNc1nc(NCCN2CCSCC2)nc(OC(C)C)n1. The molecule has 0 spiro atoms. The number of nitrogens with one attached hydrogen (secondary N) is 2. The molecule has 2 heterocycles. The van der Waals surface area contributed by atoms with Crippen LogP contribution in [0.4, 0.5) is 11.9 Å². The fourth-order valence-electron chi connectivity index (χ4n) is 1.96. The van der Waals surface area contributed by atoms with E-state index in [1.807, 2.05) is 25.6 Å². The zero-order valence-electron chi connectivity index (χ0n) is 12.9. The molecule has 1 aromatic rings. The van der Waals surface area contributed by atoms with E-state index in [1.54, 1.807) is 7.05 Å². The van der Waals surface area contributed by atoms with Crippen molar-refractivity contribution in [2.24, 2.45) is 0 Å². The maximum Gasteiger partial charge on any atom is 0.323 e. The van der Waals surface area contributed by atoms with Gasteiger partial charge in [-0.1, -0.05) is 0 Å². The molecule has 1 aromatic heterocycles. The van der Waals surface area contributed by atoms with E-state index in [9.17, 15) is 0 Å². The van der Waals surface area contributed by atoms with Gasteiger partial charge >= 0.3 is 6.01 Å². The summed E-state index contributed by atoms with van der Waals surface area (Å²) in [6.07, 6.45) is 0.0378. The summed E-state index contributed by atoms with van der Waals surface area (Å²) in [5.41, 5.74) is 0. The van der Waals surface area contributed by atoms with Crippen molar-refractivity contribution in [3.63, 3.8) is 0 Å². The Morgan fingerprint density at radius 2 is 1.90 bits per heavy atom. The Labute approximate surface area is 130 Å². The summed E-state index contributed by atoms with van der Waals surface area (Å²) < 4.78 is 5.54. The van der Waals surface area contributed by atoms with Crippen LogP contribution in [0.25, 0.3) is 0 Å². The zero-order chi connectivity index (χ0) is 15.1. The van der Waals surface area contributed by atoms with E-state index in [2.05, 4.69) is 30.5 Å². The largest absolute Gasteiger partial charge is 0.461 e. The van der Waals surface area contributed by atoms with E-state index in [1.165, 1.54) is 11.5 Å². The molecule has 0 saturated carbocycles. The first-order valence-corrected chi connectivity index (χ1v) is 8.47. The minimum atomic E-state index is 0.0378. The van der Waals surface area contributed by atoms with Crippen molar-refractivity contribution < 1.29 is 4.74 Å². The molecule has 118 valence electrons. The highest BCUT2D eigenvalue weighted by atomic mass is 32.2. The van der Waals surface area contributed by atoms with Crippen LogP contribution in [0.2, 0.25) is 0 Å². The zero-order valence-corrected chi connectivity index (χ0v) is 13.7. The second kappa shape index (κ2) is 8.23. The highest BCUT2D eigenvalue weighted by molar-refractivity contribution is 7.99. The molecule has 0 bridgehead atoms. The lowest BCUT2D eigenvalue weighted by molar-refractivity contribution is 0.222. The van der Waals surface area contributed by atoms with Gasteiger partial charge in [-0.25, -0.2) is 0 Å². The van der Waals surface area contributed by atoms with E-state index in [0.717, 1.165) is 26.2 Å². The molecular formula is C13H24N6OS. The molecule has 7 nitrogen and oxygen atoms in total. The fourth-order valence-corrected chi connectivity index (χ4v) is 2.94. The van der Waals surface area contributed by atoms with E-state index >= 15 is 0 Å². The van der Waals surface area contributed by atoms with Crippen LogP contribution in [0.15, 0.2) is 0 Å². The average molecular weight is 312 g/mol. The maximum absolute atomic E-state index is 5.54. The van der Waals surface area contributed by atoms with Crippen LogP contribution in [0.3, 0.4) is 0 Å². The first-order chi connectivity index (χ1) is 10.2. The third-order valence-electron chi connectivity index (χ3n) is 2.99. The number of ether oxygens (including phenoxy) is 1. The van der Waals surface area contributed by atoms with Gasteiger partial charge in [-0.3, -0.25) is 4.90 Å². The second-order valence-electron chi connectivity index (χ2n) is 5.06. The number of thioether (sulfide) groups is 1. The van der Waals surface area contributed by atoms with Crippen molar-refractivity contribution in [2.45, 2.75) is 20.0 Å². The molecule has 2 rings (SSSR count). The summed E-state index contributed by atoms with van der Waals surface area (Å²) >= 11 is 2.02. The Kier molecular flexibility index (Phi) is 6.31. The van der Waals surface area contributed by atoms with Gasteiger partial charge in [-0.05, 0) is 13.8 Å². The number of hydrogen-bond donors (Lipinski definition) is 2. The van der Waals surface area contributed by atoms with Crippen molar-refractivity contribution in [1.29, 1.82) is 0 Å². The highest BCUT2D eigenvalue weighted by Gasteiger charge is 2.11. The third-order valence-corrected chi connectivity index (χ3v) is 3.94. The van der Waals surface area contributed by atoms with Gasteiger partial charge < -0.3 is 15.4 Å².